The minimum absolute atomic E-state index is 0.106. The molecule has 13 heavy (non-hydrogen) atoms. The predicted octanol–water partition coefficient (Wildman–Crippen LogP) is 0.524. The van der Waals surface area contributed by atoms with Crippen LogP contribution in [-0.2, 0) is 9.63 Å². The van der Waals surface area contributed by atoms with Gasteiger partial charge in [-0.2, -0.15) is 0 Å². The van der Waals surface area contributed by atoms with Gasteiger partial charge < -0.3 is 5.73 Å². The predicted molar refractivity (Wildman–Crippen MR) is 49.7 cm³/mol. The molecule has 0 aliphatic carbocycles. The Morgan fingerprint density at radius 3 is 2.54 bits per heavy atom. The highest BCUT2D eigenvalue weighted by molar-refractivity contribution is 5.81. The molecule has 4 nitrogen and oxygen atoms in total. The standard InChI is InChI=1S/C9H18N2O2/c1-9(2,3)7(10)8(12)11-5-4-6-13-11/h7H,4-6,10H2,1-3H3. The topological polar surface area (TPSA) is 55.6 Å². The molecule has 1 aliphatic heterocycles. The first kappa shape index (κ1) is 10.5. The third-order valence-corrected chi connectivity index (χ3v) is 2.20. The van der Waals surface area contributed by atoms with Crippen LogP contribution in [0.3, 0.4) is 0 Å². The molecular formula is C9H18N2O2. The van der Waals surface area contributed by atoms with Gasteiger partial charge in [0, 0.05) is 0 Å². The lowest BCUT2D eigenvalue weighted by molar-refractivity contribution is -0.172. The van der Waals surface area contributed by atoms with E-state index >= 15 is 0 Å². The van der Waals surface area contributed by atoms with Crippen LogP contribution in [0.2, 0.25) is 0 Å². The van der Waals surface area contributed by atoms with Crippen LogP contribution in [0.15, 0.2) is 0 Å². The van der Waals surface area contributed by atoms with Crippen LogP contribution in [0.5, 0.6) is 0 Å². The van der Waals surface area contributed by atoms with Crippen molar-refractivity contribution in [2.45, 2.75) is 33.2 Å². The van der Waals surface area contributed by atoms with E-state index in [-0.39, 0.29) is 11.3 Å². The van der Waals surface area contributed by atoms with Crippen LogP contribution >= 0.6 is 0 Å². The number of nitrogens with two attached hydrogens (primary N) is 1. The number of nitrogens with zero attached hydrogens (tertiary/aromatic N) is 1. The summed E-state index contributed by atoms with van der Waals surface area (Å²) in [5, 5.41) is 1.38. The molecule has 0 saturated carbocycles. The van der Waals surface area contributed by atoms with Crippen LogP contribution < -0.4 is 5.73 Å². The molecule has 1 atom stereocenters. The van der Waals surface area contributed by atoms with E-state index in [0.717, 1.165) is 6.42 Å². The molecule has 0 spiro atoms. The Kier molecular flexibility index (Phi) is 2.93. The smallest absolute Gasteiger partial charge is 0.263 e. The Morgan fingerprint density at radius 1 is 1.54 bits per heavy atom. The minimum Gasteiger partial charge on any atom is -0.319 e. The average molecular weight is 186 g/mol. The van der Waals surface area contributed by atoms with Crippen LogP contribution in [-0.4, -0.2) is 30.2 Å². The maximum Gasteiger partial charge on any atom is 0.263 e. The van der Waals surface area contributed by atoms with Crippen molar-refractivity contribution in [3.05, 3.63) is 0 Å². The second kappa shape index (κ2) is 3.64. The second-order valence-electron chi connectivity index (χ2n) is 4.47. The van der Waals surface area contributed by atoms with Gasteiger partial charge in [-0.25, -0.2) is 5.06 Å². The molecule has 0 aromatic heterocycles. The number of hydrogen-bond donors (Lipinski definition) is 1. The van der Waals surface area contributed by atoms with Crippen LogP contribution in [0.25, 0.3) is 0 Å². The number of carbonyl (C=O) groups is 1. The van der Waals surface area contributed by atoms with Crippen molar-refractivity contribution in [3.63, 3.8) is 0 Å². The third kappa shape index (κ3) is 2.42. The summed E-state index contributed by atoms with van der Waals surface area (Å²) < 4.78 is 0. The van der Waals surface area contributed by atoms with Crippen molar-refractivity contribution in [1.82, 2.24) is 5.06 Å². The molecule has 2 N–H and O–H groups in total. The molecular weight excluding hydrogens is 168 g/mol. The lowest BCUT2D eigenvalue weighted by Crippen LogP contribution is -2.49. The Morgan fingerprint density at radius 2 is 2.15 bits per heavy atom. The summed E-state index contributed by atoms with van der Waals surface area (Å²) in [6, 6.07) is -0.481. The summed E-state index contributed by atoms with van der Waals surface area (Å²) in [5.41, 5.74) is 5.60. The fourth-order valence-electron chi connectivity index (χ4n) is 1.15. The largest absolute Gasteiger partial charge is 0.319 e. The van der Waals surface area contributed by atoms with E-state index in [1.54, 1.807) is 0 Å². The summed E-state index contributed by atoms with van der Waals surface area (Å²) >= 11 is 0. The molecule has 1 heterocycles. The molecule has 76 valence electrons. The summed E-state index contributed by atoms with van der Waals surface area (Å²) in [5.74, 6) is -0.106. The van der Waals surface area contributed by atoms with Crippen LogP contribution in [0.4, 0.5) is 0 Å². The average Bonchev–Trinajstić information content (AvgIpc) is 2.51. The summed E-state index contributed by atoms with van der Waals surface area (Å²) in [7, 11) is 0. The van der Waals surface area contributed by atoms with E-state index in [4.69, 9.17) is 10.6 Å². The first-order chi connectivity index (χ1) is 5.93. The maximum atomic E-state index is 11.7. The molecule has 0 radical (unpaired) electrons. The SMILES string of the molecule is CC(C)(C)C(N)C(=O)N1CCCO1. The fourth-order valence-corrected chi connectivity index (χ4v) is 1.15. The molecule has 0 aromatic rings. The normalized spacial score (nSPS) is 20.5. The third-order valence-electron chi connectivity index (χ3n) is 2.20. The molecule has 1 saturated heterocycles. The number of hydroxylamine groups is 2. The Hall–Kier alpha value is -0.610. The van der Waals surface area contributed by atoms with E-state index in [1.807, 2.05) is 20.8 Å². The highest BCUT2D eigenvalue weighted by Gasteiger charge is 2.32. The highest BCUT2D eigenvalue weighted by atomic mass is 16.7. The summed E-state index contributed by atoms with van der Waals surface area (Å²) in [6.07, 6.45) is 0.905. The highest BCUT2D eigenvalue weighted by Crippen LogP contribution is 2.20. The van der Waals surface area contributed by atoms with Gasteiger partial charge >= 0.3 is 0 Å². The maximum absolute atomic E-state index is 11.7. The molecule has 0 aromatic carbocycles. The van der Waals surface area contributed by atoms with Gasteiger partial charge in [0.2, 0.25) is 0 Å². The minimum atomic E-state index is -0.481. The van der Waals surface area contributed by atoms with Crippen molar-refractivity contribution in [1.29, 1.82) is 0 Å². The summed E-state index contributed by atoms with van der Waals surface area (Å²) in [4.78, 5) is 16.8. The fraction of sp³-hybridized carbons (Fsp3) is 0.889. The first-order valence-corrected chi connectivity index (χ1v) is 4.63. The Labute approximate surface area is 79.0 Å². The van der Waals surface area contributed by atoms with Crippen molar-refractivity contribution in [2.24, 2.45) is 11.1 Å². The lowest BCUT2D eigenvalue weighted by atomic mass is 9.87. The quantitative estimate of drug-likeness (QED) is 0.649. The molecule has 1 unspecified atom stereocenters. The van der Waals surface area contributed by atoms with E-state index in [0.29, 0.717) is 13.2 Å². The van der Waals surface area contributed by atoms with Gasteiger partial charge in [-0.1, -0.05) is 20.8 Å². The zero-order valence-corrected chi connectivity index (χ0v) is 8.54. The zero-order valence-electron chi connectivity index (χ0n) is 8.54. The van der Waals surface area contributed by atoms with Crippen LogP contribution in [0, 0.1) is 5.41 Å². The number of amides is 1. The van der Waals surface area contributed by atoms with Crippen molar-refractivity contribution in [3.8, 4) is 0 Å². The van der Waals surface area contributed by atoms with E-state index in [2.05, 4.69) is 0 Å². The molecule has 0 bridgehead atoms. The van der Waals surface area contributed by atoms with Gasteiger partial charge in [0.1, 0.15) is 0 Å². The van der Waals surface area contributed by atoms with Crippen molar-refractivity contribution >= 4 is 5.91 Å². The first-order valence-electron chi connectivity index (χ1n) is 4.63. The Bertz CT molecular complexity index is 192. The summed E-state index contributed by atoms with van der Waals surface area (Å²) in [6.45, 7) is 7.15. The van der Waals surface area contributed by atoms with E-state index in [9.17, 15) is 4.79 Å². The molecule has 1 fully saturated rings. The number of carbonyl (C=O) groups excluding carboxylic acids is 1. The monoisotopic (exact) mass is 186 g/mol. The van der Waals surface area contributed by atoms with Crippen LogP contribution in [0.1, 0.15) is 27.2 Å². The number of rotatable bonds is 1. The Balaban J connectivity index is 2.56. The van der Waals surface area contributed by atoms with Gasteiger partial charge in [0.15, 0.2) is 0 Å². The molecule has 1 aliphatic rings. The number of hydrogen-bond acceptors (Lipinski definition) is 3. The van der Waals surface area contributed by atoms with Gasteiger partial charge in [0.25, 0.3) is 5.91 Å². The second-order valence-corrected chi connectivity index (χ2v) is 4.47. The molecule has 1 amide bonds. The van der Waals surface area contributed by atoms with Gasteiger partial charge in [-0.05, 0) is 11.8 Å². The lowest BCUT2D eigenvalue weighted by Gasteiger charge is -2.28. The van der Waals surface area contributed by atoms with Crippen molar-refractivity contribution in [2.75, 3.05) is 13.2 Å². The van der Waals surface area contributed by atoms with E-state index < -0.39 is 6.04 Å². The van der Waals surface area contributed by atoms with E-state index in [1.165, 1.54) is 5.06 Å². The van der Waals surface area contributed by atoms with Gasteiger partial charge in [-0.15, -0.1) is 0 Å². The zero-order chi connectivity index (χ0) is 10.1. The van der Waals surface area contributed by atoms with Gasteiger partial charge in [-0.3, -0.25) is 9.63 Å². The van der Waals surface area contributed by atoms with Gasteiger partial charge in [0.05, 0.1) is 19.2 Å². The molecule has 4 heteroatoms. The van der Waals surface area contributed by atoms with Crippen molar-refractivity contribution < 1.29 is 9.63 Å². The molecule has 1 rings (SSSR count).